The predicted octanol–water partition coefficient (Wildman–Crippen LogP) is 9.56. The highest BCUT2D eigenvalue weighted by Crippen LogP contribution is 2.65. The average Bonchev–Trinajstić information content (AvgIpc) is 2.88. The Balaban J connectivity index is 8.05. The molecule has 0 spiro atoms. The SMILES string of the molecule is CCN(C(F)(F)C(F)(F)C(F)(F)[Si](OC(F)(F)F)(OC(F)(F)F)OC(F)(F)F)S(=O)(=O)C(F)(F)C(F)(F)C(F)(F)C(F)(F)C(F)(F)C(F)(F)C(F)(F)C(F)(F)F. The summed E-state index contributed by atoms with van der Waals surface area (Å²) in [5.41, 5.74) is -9.07. The van der Waals surface area contributed by atoms with Gasteiger partial charge in [0, 0.05) is 6.54 Å². The van der Waals surface area contributed by atoms with Crippen LogP contribution in [0.25, 0.3) is 0 Å². The topological polar surface area (TPSA) is 65.1 Å². The van der Waals surface area contributed by atoms with Crippen LogP contribution in [0.2, 0.25) is 0 Å². The first-order valence-electron chi connectivity index (χ1n) is 11.7. The molecule has 338 valence electrons. The lowest BCUT2D eigenvalue weighted by Crippen LogP contribution is -2.78. The van der Waals surface area contributed by atoms with Crippen molar-refractivity contribution in [2.24, 2.45) is 0 Å². The summed E-state index contributed by atoms with van der Waals surface area (Å²) in [4.78, 5) is 0. The molecule has 0 N–H and O–H groups in total. The first-order valence-corrected chi connectivity index (χ1v) is 14.9. The molecular formula is C16H5F32NO5SSi. The van der Waals surface area contributed by atoms with Crippen LogP contribution in [0.3, 0.4) is 0 Å². The van der Waals surface area contributed by atoms with Gasteiger partial charge in [-0.15, -0.1) is 43.8 Å². The van der Waals surface area contributed by atoms with Gasteiger partial charge in [0.1, 0.15) is 0 Å². The lowest BCUT2D eigenvalue weighted by molar-refractivity contribution is -0.458. The average molecular weight is 959 g/mol. The van der Waals surface area contributed by atoms with Gasteiger partial charge < -0.3 is 0 Å². The van der Waals surface area contributed by atoms with E-state index in [-0.39, 0.29) is 0 Å². The molecule has 0 aliphatic heterocycles. The third kappa shape index (κ3) is 8.05. The zero-order chi connectivity index (χ0) is 46.4. The van der Waals surface area contributed by atoms with Gasteiger partial charge in [0.15, 0.2) is 0 Å². The largest absolute Gasteiger partial charge is 0.601 e. The van der Waals surface area contributed by atoms with Crippen LogP contribution in [-0.2, 0) is 23.3 Å². The predicted molar refractivity (Wildman–Crippen MR) is 104 cm³/mol. The van der Waals surface area contributed by atoms with Gasteiger partial charge in [0.25, 0.3) is 10.0 Å². The van der Waals surface area contributed by atoms with Gasteiger partial charge in [-0.25, -0.2) is 8.42 Å². The van der Waals surface area contributed by atoms with Crippen LogP contribution in [0.15, 0.2) is 0 Å². The highest BCUT2D eigenvalue weighted by Gasteiger charge is 2.97. The molecule has 0 heterocycles. The Hall–Kier alpha value is -2.23. The normalized spacial score (nSPS) is 16.9. The van der Waals surface area contributed by atoms with Crippen molar-refractivity contribution in [1.82, 2.24) is 4.31 Å². The monoisotopic (exact) mass is 959 g/mol. The Bertz CT molecular complexity index is 1470. The molecule has 0 aliphatic rings. The molecule has 0 bridgehead atoms. The molecular weight excluding hydrogens is 954 g/mol. The van der Waals surface area contributed by atoms with Gasteiger partial charge in [-0.05, 0) is 0 Å². The van der Waals surface area contributed by atoms with Crippen LogP contribution >= 0.6 is 0 Å². The molecule has 0 amide bonds. The summed E-state index contributed by atoms with van der Waals surface area (Å²) in [6.45, 7) is -4.60. The van der Waals surface area contributed by atoms with E-state index in [0.717, 1.165) is 0 Å². The lowest BCUT2D eigenvalue weighted by atomic mass is 9.91. The second-order valence-corrected chi connectivity index (χ2v) is 13.8. The van der Waals surface area contributed by atoms with Crippen molar-refractivity contribution >= 4 is 18.8 Å². The molecule has 0 radical (unpaired) electrons. The Labute approximate surface area is 283 Å². The van der Waals surface area contributed by atoms with E-state index in [2.05, 4.69) is 0 Å². The lowest BCUT2D eigenvalue weighted by Gasteiger charge is -2.45. The van der Waals surface area contributed by atoms with E-state index in [9.17, 15) is 149 Å². The summed E-state index contributed by atoms with van der Waals surface area (Å²) in [5, 5.41) is -9.34. The van der Waals surface area contributed by atoms with Crippen LogP contribution in [0.5, 0.6) is 0 Å². The van der Waals surface area contributed by atoms with Gasteiger partial charge in [0.05, 0.1) is 0 Å². The van der Waals surface area contributed by atoms with E-state index in [1.165, 1.54) is 13.3 Å². The molecule has 0 aliphatic carbocycles. The second-order valence-electron chi connectivity index (χ2n) is 9.52. The summed E-state index contributed by atoms with van der Waals surface area (Å²) in [7, 11) is -20.4. The number of alkyl halides is 32. The Morgan fingerprint density at radius 3 is 0.893 bits per heavy atom. The summed E-state index contributed by atoms with van der Waals surface area (Å²) in [6.07, 6.45) is -31.6. The molecule has 0 atom stereocenters. The fourth-order valence-corrected chi connectivity index (χ4v) is 6.66. The number of hydrogen-bond donors (Lipinski definition) is 0. The second kappa shape index (κ2) is 13.9. The zero-order valence-electron chi connectivity index (χ0n) is 24.2. The third-order valence-corrected chi connectivity index (χ3v) is 10.4. The number of sulfonamides is 1. The van der Waals surface area contributed by atoms with Gasteiger partial charge in [-0.1, -0.05) is 6.92 Å². The molecule has 0 rings (SSSR count). The summed E-state index contributed by atoms with van der Waals surface area (Å²) >= 11 is 0. The van der Waals surface area contributed by atoms with E-state index in [0.29, 0.717) is 0 Å². The van der Waals surface area contributed by atoms with Crippen LogP contribution in [0.4, 0.5) is 140 Å². The molecule has 0 fully saturated rings. The minimum absolute atomic E-state index is 0.941. The highest BCUT2D eigenvalue weighted by atomic mass is 32.2. The van der Waals surface area contributed by atoms with Crippen molar-refractivity contribution in [2.45, 2.75) is 90.5 Å². The molecule has 0 aromatic rings. The molecule has 0 unspecified atom stereocenters. The smallest absolute Gasteiger partial charge is 0.280 e. The maximum Gasteiger partial charge on any atom is 0.601 e. The number of rotatable bonds is 16. The van der Waals surface area contributed by atoms with Crippen molar-refractivity contribution in [2.75, 3.05) is 6.54 Å². The fraction of sp³-hybridized carbons (Fsp3) is 1.00. The van der Waals surface area contributed by atoms with E-state index in [1.54, 1.807) is 0 Å². The number of halogens is 32. The summed E-state index contributed by atoms with van der Waals surface area (Å²) in [6, 6.07) is -8.84. The minimum atomic E-state index is -10.5. The van der Waals surface area contributed by atoms with Crippen LogP contribution < -0.4 is 0 Å². The van der Waals surface area contributed by atoms with Crippen LogP contribution in [0, 0.1) is 0 Å². The van der Waals surface area contributed by atoms with Crippen molar-refractivity contribution < 1.29 is 162 Å². The van der Waals surface area contributed by atoms with Crippen molar-refractivity contribution in [1.29, 1.82) is 0 Å². The summed E-state index contributed by atoms with van der Waals surface area (Å²) in [5.74, 6) is -66.0. The number of nitrogens with zero attached hydrogens (tertiary/aromatic N) is 1. The van der Waals surface area contributed by atoms with Gasteiger partial charge in [0.2, 0.25) is 0 Å². The van der Waals surface area contributed by atoms with Gasteiger partial charge >= 0.3 is 92.4 Å². The molecule has 6 nitrogen and oxygen atoms in total. The molecule has 56 heavy (non-hydrogen) atoms. The molecule has 0 aromatic carbocycles. The van der Waals surface area contributed by atoms with Crippen LogP contribution in [-0.4, -0.2) is 112 Å². The Kier molecular flexibility index (Phi) is 13.4. The molecule has 0 saturated carbocycles. The Morgan fingerprint density at radius 2 is 0.661 bits per heavy atom. The van der Waals surface area contributed by atoms with E-state index in [1.807, 2.05) is 0 Å². The fourth-order valence-electron chi connectivity index (χ4n) is 3.22. The molecule has 0 aromatic heterocycles. The molecule has 0 saturated heterocycles. The molecule has 40 heteroatoms. The van der Waals surface area contributed by atoms with Crippen molar-refractivity contribution in [3.8, 4) is 0 Å². The maximum atomic E-state index is 14.7. The van der Waals surface area contributed by atoms with Crippen molar-refractivity contribution in [3.63, 3.8) is 0 Å². The quantitative estimate of drug-likeness (QED) is 0.0877. The van der Waals surface area contributed by atoms with Crippen molar-refractivity contribution in [3.05, 3.63) is 0 Å². The first kappa shape index (κ1) is 53.8. The summed E-state index contributed by atoms with van der Waals surface area (Å²) < 4.78 is 455. The Morgan fingerprint density at radius 1 is 0.411 bits per heavy atom. The van der Waals surface area contributed by atoms with Gasteiger partial charge in [-0.3, -0.25) is 13.3 Å². The van der Waals surface area contributed by atoms with E-state index < -0.39 is 120 Å². The first-order chi connectivity index (χ1) is 23.6. The minimum Gasteiger partial charge on any atom is -0.280 e. The highest BCUT2D eigenvalue weighted by molar-refractivity contribution is 7.90. The van der Waals surface area contributed by atoms with E-state index in [4.69, 9.17) is 0 Å². The third-order valence-electron chi connectivity index (χ3n) is 5.81. The zero-order valence-corrected chi connectivity index (χ0v) is 26.0. The van der Waals surface area contributed by atoms with Crippen LogP contribution in [0.1, 0.15) is 6.92 Å². The van der Waals surface area contributed by atoms with Gasteiger partial charge in [-0.2, -0.15) is 101 Å². The number of hydrogen-bond acceptors (Lipinski definition) is 5. The standard InChI is InChI=1S/C16H5F32NO5SSi/c1-2-49(11(34,35)9(29,30)13(38,39)56(52-14(40,41)42,53-15(43,44)45)54-16(46,47)48)55(50,51)12(36,37)8(27,28)6(23,24)4(19,20)3(17,18)5(21,22)7(25,26)10(31,32)33/h2H2,1H3. The van der Waals surface area contributed by atoms with E-state index >= 15 is 0 Å². The maximum absolute atomic E-state index is 14.7.